The molecule has 0 bridgehead atoms. The predicted octanol–water partition coefficient (Wildman–Crippen LogP) is 4.49. The van der Waals surface area contributed by atoms with Crippen LogP contribution in [0, 0.1) is 5.92 Å². The van der Waals surface area contributed by atoms with E-state index in [-0.39, 0.29) is 11.8 Å². The molecule has 2 aliphatic heterocycles. The standard InChI is InChI=1S/C24H34N4O2/c1-18(2)23-25-22(30-26-23)17-27-15-12-19(13-16-27)21-11-7-4-8-14-28(21)24(29)20-9-5-3-6-10-20/h3,5-6,9-10,18-19,21H,4,7-8,11-17H2,1-2H3/t21-/m1/s1. The number of hydrogen-bond donors (Lipinski definition) is 0. The third kappa shape index (κ3) is 4.91. The topological polar surface area (TPSA) is 62.5 Å². The average molecular weight is 411 g/mol. The van der Waals surface area contributed by atoms with Gasteiger partial charge in [-0.3, -0.25) is 9.69 Å². The minimum absolute atomic E-state index is 0.206. The van der Waals surface area contributed by atoms with Gasteiger partial charge >= 0.3 is 0 Å². The number of carbonyl (C=O) groups is 1. The van der Waals surface area contributed by atoms with Crippen LogP contribution in [0.2, 0.25) is 0 Å². The van der Waals surface area contributed by atoms with Gasteiger partial charge in [-0.25, -0.2) is 0 Å². The Bertz CT molecular complexity index is 812. The zero-order valence-electron chi connectivity index (χ0n) is 18.3. The molecule has 2 aliphatic rings. The van der Waals surface area contributed by atoms with Gasteiger partial charge in [0.1, 0.15) is 0 Å². The summed E-state index contributed by atoms with van der Waals surface area (Å²) in [7, 11) is 0. The van der Waals surface area contributed by atoms with Crippen LogP contribution in [-0.4, -0.2) is 51.5 Å². The van der Waals surface area contributed by atoms with Crippen LogP contribution in [0.3, 0.4) is 0 Å². The van der Waals surface area contributed by atoms with Crippen molar-refractivity contribution < 1.29 is 9.32 Å². The zero-order valence-corrected chi connectivity index (χ0v) is 18.3. The lowest BCUT2D eigenvalue weighted by molar-refractivity contribution is 0.0506. The maximum Gasteiger partial charge on any atom is 0.254 e. The molecular formula is C24H34N4O2. The first-order valence-electron chi connectivity index (χ1n) is 11.5. The Morgan fingerprint density at radius 2 is 1.83 bits per heavy atom. The number of aromatic nitrogens is 2. The fourth-order valence-corrected chi connectivity index (χ4v) is 4.88. The van der Waals surface area contributed by atoms with E-state index in [4.69, 9.17) is 4.52 Å². The number of amides is 1. The highest BCUT2D eigenvalue weighted by Crippen LogP contribution is 2.31. The number of benzene rings is 1. The van der Waals surface area contributed by atoms with Crippen LogP contribution >= 0.6 is 0 Å². The molecule has 4 rings (SSSR count). The summed E-state index contributed by atoms with van der Waals surface area (Å²) < 4.78 is 5.43. The van der Waals surface area contributed by atoms with Crippen LogP contribution in [-0.2, 0) is 6.54 Å². The van der Waals surface area contributed by atoms with Crippen molar-refractivity contribution in [3.63, 3.8) is 0 Å². The molecule has 6 nitrogen and oxygen atoms in total. The van der Waals surface area contributed by atoms with Crippen LogP contribution in [0.1, 0.15) is 80.4 Å². The lowest BCUT2D eigenvalue weighted by Crippen LogP contribution is -2.47. The number of nitrogens with zero attached hydrogens (tertiary/aromatic N) is 4. The number of rotatable bonds is 5. The second-order valence-corrected chi connectivity index (χ2v) is 9.10. The number of carbonyl (C=O) groups excluding carboxylic acids is 1. The second kappa shape index (κ2) is 9.73. The normalized spacial score (nSPS) is 21.7. The molecule has 0 unspecified atom stereocenters. The smallest absolute Gasteiger partial charge is 0.254 e. The second-order valence-electron chi connectivity index (χ2n) is 9.10. The molecule has 1 aromatic heterocycles. The molecule has 1 atom stereocenters. The third-order valence-electron chi connectivity index (χ3n) is 6.62. The lowest BCUT2D eigenvalue weighted by atomic mass is 9.86. The van der Waals surface area contributed by atoms with Crippen LogP contribution in [0.4, 0.5) is 0 Å². The van der Waals surface area contributed by atoms with Gasteiger partial charge in [-0.05, 0) is 56.8 Å². The molecule has 0 aliphatic carbocycles. The molecule has 0 radical (unpaired) electrons. The summed E-state index contributed by atoms with van der Waals surface area (Å²) in [5, 5.41) is 4.08. The predicted molar refractivity (Wildman–Crippen MR) is 116 cm³/mol. The molecule has 1 amide bonds. The van der Waals surface area contributed by atoms with Crippen molar-refractivity contribution in [2.45, 2.75) is 70.9 Å². The highest BCUT2D eigenvalue weighted by Gasteiger charge is 2.34. The zero-order chi connectivity index (χ0) is 20.9. The maximum atomic E-state index is 13.3. The fourth-order valence-electron chi connectivity index (χ4n) is 4.88. The average Bonchev–Trinajstić information content (AvgIpc) is 3.10. The van der Waals surface area contributed by atoms with Gasteiger partial charge in [0, 0.05) is 24.1 Å². The fraction of sp³-hybridized carbons (Fsp3) is 0.625. The molecule has 162 valence electrons. The Morgan fingerprint density at radius 1 is 1.07 bits per heavy atom. The monoisotopic (exact) mass is 410 g/mol. The first-order chi connectivity index (χ1) is 14.6. The van der Waals surface area contributed by atoms with Gasteiger partial charge in [0.05, 0.1) is 6.54 Å². The largest absolute Gasteiger partial charge is 0.338 e. The Morgan fingerprint density at radius 3 is 2.53 bits per heavy atom. The molecule has 2 aromatic rings. The SMILES string of the molecule is CC(C)c1noc(CN2CCC([C@H]3CCCCCN3C(=O)c3ccccc3)CC2)n1. The first kappa shape index (κ1) is 21.0. The van der Waals surface area contributed by atoms with Crippen LogP contribution in [0.5, 0.6) is 0 Å². The Kier molecular flexibility index (Phi) is 6.82. The van der Waals surface area contributed by atoms with Crippen LogP contribution in [0.15, 0.2) is 34.9 Å². The van der Waals surface area contributed by atoms with Crippen molar-refractivity contribution in [3.8, 4) is 0 Å². The molecule has 30 heavy (non-hydrogen) atoms. The first-order valence-corrected chi connectivity index (χ1v) is 11.5. The van der Waals surface area contributed by atoms with Crippen molar-refractivity contribution in [3.05, 3.63) is 47.6 Å². The summed E-state index contributed by atoms with van der Waals surface area (Å²) in [6.07, 6.45) is 6.93. The van der Waals surface area contributed by atoms with E-state index in [1.807, 2.05) is 30.3 Å². The lowest BCUT2D eigenvalue weighted by Gasteiger charge is -2.40. The molecule has 0 spiro atoms. The Labute approximate surface area is 179 Å². The number of hydrogen-bond acceptors (Lipinski definition) is 5. The van der Waals surface area contributed by atoms with E-state index in [9.17, 15) is 4.79 Å². The molecule has 6 heteroatoms. The molecular weight excluding hydrogens is 376 g/mol. The minimum Gasteiger partial charge on any atom is -0.338 e. The van der Waals surface area contributed by atoms with E-state index in [0.717, 1.165) is 63.3 Å². The van der Waals surface area contributed by atoms with Crippen LogP contribution in [0.25, 0.3) is 0 Å². The van der Waals surface area contributed by atoms with E-state index in [2.05, 4.69) is 33.8 Å². The van der Waals surface area contributed by atoms with Gasteiger partial charge in [-0.1, -0.05) is 50.0 Å². The van der Waals surface area contributed by atoms with Crippen molar-refractivity contribution in [2.24, 2.45) is 5.92 Å². The summed E-state index contributed by atoms with van der Waals surface area (Å²) >= 11 is 0. The molecule has 0 saturated carbocycles. The highest BCUT2D eigenvalue weighted by atomic mass is 16.5. The Balaban J connectivity index is 1.38. The third-order valence-corrected chi connectivity index (χ3v) is 6.62. The number of likely N-dealkylation sites (tertiary alicyclic amines) is 2. The van der Waals surface area contributed by atoms with Gasteiger partial charge in [-0.2, -0.15) is 4.98 Å². The van der Waals surface area contributed by atoms with Crippen molar-refractivity contribution in [2.75, 3.05) is 19.6 Å². The summed E-state index contributed by atoms with van der Waals surface area (Å²) in [5.74, 6) is 2.57. The van der Waals surface area contributed by atoms with Crippen molar-refractivity contribution in [1.82, 2.24) is 19.9 Å². The summed E-state index contributed by atoms with van der Waals surface area (Å²) in [6.45, 7) is 7.81. The maximum absolute atomic E-state index is 13.3. The van der Waals surface area contributed by atoms with E-state index in [1.54, 1.807) is 0 Å². The van der Waals surface area contributed by atoms with Gasteiger partial charge in [0.15, 0.2) is 5.82 Å². The van der Waals surface area contributed by atoms with Gasteiger partial charge < -0.3 is 9.42 Å². The summed E-state index contributed by atoms with van der Waals surface area (Å²) in [4.78, 5) is 22.4. The molecule has 2 saturated heterocycles. The van der Waals surface area contributed by atoms with Crippen molar-refractivity contribution >= 4 is 5.91 Å². The molecule has 3 heterocycles. The Hall–Kier alpha value is -2.21. The minimum atomic E-state index is 0.206. The molecule has 2 fully saturated rings. The van der Waals surface area contributed by atoms with E-state index >= 15 is 0 Å². The van der Waals surface area contributed by atoms with Crippen molar-refractivity contribution in [1.29, 1.82) is 0 Å². The van der Waals surface area contributed by atoms with Gasteiger partial charge in [-0.15, -0.1) is 0 Å². The summed E-state index contributed by atoms with van der Waals surface area (Å²) in [5.41, 5.74) is 0.819. The van der Waals surface area contributed by atoms with Crippen LogP contribution < -0.4 is 0 Å². The molecule has 1 aromatic carbocycles. The molecule has 0 N–H and O–H groups in total. The van der Waals surface area contributed by atoms with E-state index in [0.29, 0.717) is 17.9 Å². The quantitative estimate of drug-likeness (QED) is 0.727. The van der Waals surface area contributed by atoms with E-state index < -0.39 is 0 Å². The number of piperidine rings is 1. The highest BCUT2D eigenvalue weighted by molar-refractivity contribution is 5.94. The van der Waals surface area contributed by atoms with Gasteiger partial charge in [0.25, 0.3) is 5.91 Å². The van der Waals surface area contributed by atoms with E-state index in [1.165, 1.54) is 12.8 Å². The summed E-state index contributed by atoms with van der Waals surface area (Å²) in [6, 6.07) is 10.1. The van der Waals surface area contributed by atoms with Gasteiger partial charge in [0.2, 0.25) is 5.89 Å².